The Morgan fingerprint density at radius 2 is 1.90 bits per heavy atom. The zero-order valence-electron chi connectivity index (χ0n) is 15.8. The molecule has 0 unspecified atom stereocenters. The molecule has 0 spiro atoms. The van der Waals surface area contributed by atoms with Crippen LogP contribution in [0.3, 0.4) is 0 Å². The molecule has 1 aliphatic heterocycles. The molecule has 148 valence electrons. The van der Waals surface area contributed by atoms with Gasteiger partial charge in [-0.05, 0) is 53.6 Å². The van der Waals surface area contributed by atoms with Crippen molar-refractivity contribution in [1.29, 1.82) is 0 Å². The van der Waals surface area contributed by atoms with E-state index in [4.69, 9.17) is 21.3 Å². The Morgan fingerprint density at radius 3 is 2.66 bits per heavy atom. The fourth-order valence-corrected chi connectivity index (χ4v) is 3.95. The topological polar surface area (TPSA) is 53.8 Å². The molecule has 4 rings (SSSR count). The normalized spacial score (nSPS) is 18.9. The van der Waals surface area contributed by atoms with E-state index in [1.54, 1.807) is 19.2 Å². The summed E-state index contributed by atoms with van der Waals surface area (Å²) in [6, 6.07) is 20.9. The number of hydrogen-bond acceptors (Lipinski definition) is 4. The largest absolute Gasteiger partial charge is 0.508 e. The third kappa shape index (κ3) is 4.47. The third-order valence-electron chi connectivity index (χ3n) is 5.00. The number of aliphatic imine (C=N–C) groups is 1. The van der Waals surface area contributed by atoms with Gasteiger partial charge in [0.05, 0.1) is 7.11 Å². The Kier molecular flexibility index (Phi) is 5.90. The molecule has 0 saturated carbocycles. The number of nitrogens with one attached hydrogen (secondary N) is 1. The maximum Gasteiger partial charge on any atom is 0.126 e. The van der Waals surface area contributed by atoms with Crippen LogP contribution in [0, 0.1) is 0 Å². The molecule has 6 heteroatoms. The van der Waals surface area contributed by atoms with Gasteiger partial charge in [0, 0.05) is 33.2 Å². The van der Waals surface area contributed by atoms with E-state index in [1.165, 1.54) is 0 Å². The van der Waals surface area contributed by atoms with E-state index in [0.29, 0.717) is 11.4 Å². The minimum Gasteiger partial charge on any atom is -0.508 e. The van der Waals surface area contributed by atoms with Crippen molar-refractivity contribution in [3.05, 3.63) is 92.9 Å². The van der Waals surface area contributed by atoms with Gasteiger partial charge in [-0.3, -0.25) is 10.3 Å². The monoisotopic (exact) mass is 470 g/mol. The van der Waals surface area contributed by atoms with E-state index in [2.05, 4.69) is 21.2 Å². The first-order valence-electron chi connectivity index (χ1n) is 9.24. The number of hydrogen-bond donors (Lipinski definition) is 2. The Bertz CT molecular complexity index is 1050. The van der Waals surface area contributed by atoms with E-state index in [-0.39, 0.29) is 18.0 Å². The van der Waals surface area contributed by atoms with Crippen LogP contribution in [0.1, 0.15) is 35.3 Å². The maximum absolute atomic E-state index is 10.5. The van der Waals surface area contributed by atoms with Gasteiger partial charge >= 0.3 is 0 Å². The van der Waals surface area contributed by atoms with Crippen molar-refractivity contribution >= 4 is 33.2 Å². The van der Waals surface area contributed by atoms with Crippen LogP contribution in [-0.2, 0) is 0 Å². The average Bonchev–Trinajstić information content (AvgIpc) is 2.75. The number of benzene rings is 3. The number of phenolic OH excluding ortho intramolecular Hbond substituents is 1. The fraction of sp³-hybridized carbons (Fsp3) is 0.174. The summed E-state index contributed by atoms with van der Waals surface area (Å²) in [5.41, 5.74) is 3.74. The molecular formula is C23H20BrClN2O2. The van der Waals surface area contributed by atoms with Gasteiger partial charge in [-0.15, -0.1) is 0 Å². The number of methoxy groups -OCH3 is 1. The lowest BCUT2D eigenvalue weighted by atomic mass is 9.93. The summed E-state index contributed by atoms with van der Waals surface area (Å²) in [5, 5.41) is 14.6. The lowest BCUT2D eigenvalue weighted by Crippen LogP contribution is -2.33. The Morgan fingerprint density at radius 1 is 1.10 bits per heavy atom. The number of rotatable bonds is 4. The van der Waals surface area contributed by atoms with Crippen molar-refractivity contribution in [3.63, 3.8) is 0 Å². The van der Waals surface area contributed by atoms with Crippen LogP contribution in [0.5, 0.6) is 11.5 Å². The molecule has 0 aliphatic carbocycles. The molecule has 3 aromatic carbocycles. The van der Waals surface area contributed by atoms with E-state index >= 15 is 0 Å². The first-order valence-corrected chi connectivity index (χ1v) is 10.4. The van der Waals surface area contributed by atoms with Crippen LogP contribution >= 0.6 is 27.5 Å². The molecule has 4 nitrogen and oxygen atoms in total. The van der Waals surface area contributed by atoms with Crippen LogP contribution in [0.15, 0.2) is 76.2 Å². The van der Waals surface area contributed by atoms with Crippen molar-refractivity contribution < 1.29 is 9.84 Å². The van der Waals surface area contributed by atoms with Crippen LogP contribution < -0.4 is 10.1 Å². The van der Waals surface area contributed by atoms with Gasteiger partial charge < -0.3 is 9.84 Å². The summed E-state index contributed by atoms with van der Waals surface area (Å²) in [7, 11) is 1.65. The smallest absolute Gasteiger partial charge is 0.126 e. The fourth-order valence-electron chi connectivity index (χ4n) is 3.50. The SMILES string of the molecule is COc1cccc(C2=N[C@H](c3ccc(Br)cc3)N[C@H](c3cc(Cl)ccc3O)C2)c1. The molecule has 2 atom stereocenters. The lowest BCUT2D eigenvalue weighted by molar-refractivity contribution is 0.411. The quantitative estimate of drug-likeness (QED) is 0.488. The van der Waals surface area contributed by atoms with Crippen molar-refractivity contribution in [1.82, 2.24) is 5.32 Å². The maximum atomic E-state index is 10.5. The van der Waals surface area contributed by atoms with Crippen LogP contribution in [0.25, 0.3) is 0 Å². The van der Waals surface area contributed by atoms with Crippen molar-refractivity contribution in [2.24, 2.45) is 4.99 Å². The number of halogens is 2. The van der Waals surface area contributed by atoms with E-state index in [9.17, 15) is 5.11 Å². The molecule has 3 aromatic rings. The number of phenols is 1. The molecule has 0 aromatic heterocycles. The van der Waals surface area contributed by atoms with Crippen molar-refractivity contribution in [2.75, 3.05) is 7.11 Å². The van der Waals surface area contributed by atoms with Crippen LogP contribution in [0.2, 0.25) is 5.02 Å². The van der Waals surface area contributed by atoms with E-state index in [0.717, 1.165) is 32.6 Å². The highest BCUT2D eigenvalue weighted by molar-refractivity contribution is 9.10. The Balaban J connectivity index is 1.77. The number of ether oxygens (including phenoxy) is 1. The molecular weight excluding hydrogens is 452 g/mol. The van der Waals surface area contributed by atoms with Gasteiger partial charge in [-0.25, -0.2) is 0 Å². The van der Waals surface area contributed by atoms with Gasteiger partial charge in [0.2, 0.25) is 0 Å². The van der Waals surface area contributed by atoms with E-state index < -0.39 is 0 Å². The summed E-state index contributed by atoms with van der Waals surface area (Å²) in [6.45, 7) is 0. The zero-order valence-corrected chi connectivity index (χ0v) is 18.1. The first-order chi connectivity index (χ1) is 14.0. The molecule has 0 amide bonds. The number of aromatic hydroxyl groups is 1. The summed E-state index contributed by atoms with van der Waals surface area (Å²) >= 11 is 9.69. The second-order valence-electron chi connectivity index (χ2n) is 6.89. The average molecular weight is 472 g/mol. The molecule has 2 N–H and O–H groups in total. The molecule has 29 heavy (non-hydrogen) atoms. The minimum atomic E-state index is -0.249. The Hall–Kier alpha value is -2.34. The second-order valence-corrected chi connectivity index (χ2v) is 8.24. The zero-order chi connectivity index (χ0) is 20.4. The van der Waals surface area contributed by atoms with Gasteiger partial charge in [-0.2, -0.15) is 0 Å². The first kappa shape index (κ1) is 20.0. The van der Waals surface area contributed by atoms with Gasteiger partial charge in [0.1, 0.15) is 17.7 Å². The summed E-state index contributed by atoms with van der Waals surface area (Å²) in [5.74, 6) is 0.999. The summed E-state index contributed by atoms with van der Waals surface area (Å²) in [4.78, 5) is 4.98. The summed E-state index contributed by atoms with van der Waals surface area (Å²) < 4.78 is 6.40. The molecule has 1 aliphatic rings. The highest BCUT2D eigenvalue weighted by Gasteiger charge is 2.28. The van der Waals surface area contributed by atoms with E-state index in [1.807, 2.05) is 54.6 Å². The minimum absolute atomic E-state index is 0.138. The second kappa shape index (κ2) is 8.57. The predicted molar refractivity (Wildman–Crippen MR) is 120 cm³/mol. The molecule has 0 saturated heterocycles. The predicted octanol–water partition coefficient (Wildman–Crippen LogP) is 6.04. The van der Waals surface area contributed by atoms with Crippen molar-refractivity contribution in [3.8, 4) is 11.5 Å². The third-order valence-corrected chi connectivity index (χ3v) is 5.76. The van der Waals surface area contributed by atoms with Crippen molar-refractivity contribution in [2.45, 2.75) is 18.6 Å². The van der Waals surface area contributed by atoms with Crippen LogP contribution in [-0.4, -0.2) is 17.9 Å². The Labute approximate surface area is 183 Å². The molecule has 0 radical (unpaired) electrons. The highest BCUT2D eigenvalue weighted by Crippen LogP contribution is 2.36. The standard InChI is InChI=1S/C23H20BrClN2O2/c1-29-18-4-2-3-15(11-18)20-13-21(19-12-17(25)9-10-22(19)28)27-23(26-20)14-5-7-16(24)8-6-14/h2-12,21,23,27-28H,13H2,1H3/t21-,23-/m0/s1. The molecule has 0 bridgehead atoms. The molecule has 0 fully saturated rings. The summed E-state index contributed by atoms with van der Waals surface area (Å²) in [6.07, 6.45) is 0.370. The van der Waals surface area contributed by atoms with Crippen LogP contribution in [0.4, 0.5) is 0 Å². The molecule has 1 heterocycles. The van der Waals surface area contributed by atoms with Gasteiger partial charge in [0.25, 0.3) is 0 Å². The van der Waals surface area contributed by atoms with Gasteiger partial charge in [-0.1, -0.05) is 51.8 Å². The van der Waals surface area contributed by atoms with Gasteiger partial charge in [0.15, 0.2) is 0 Å². The highest BCUT2D eigenvalue weighted by atomic mass is 79.9. The lowest BCUT2D eigenvalue weighted by Gasteiger charge is -2.31. The number of nitrogens with zero attached hydrogens (tertiary/aromatic N) is 1.